The average Bonchev–Trinajstić information content (AvgIpc) is 2.59. The molecule has 3 N–H and O–H groups in total. The summed E-state index contributed by atoms with van der Waals surface area (Å²) >= 11 is 12.1. The van der Waals surface area contributed by atoms with Gasteiger partial charge in [0.05, 0.1) is 5.57 Å². The number of halogens is 5. The van der Waals surface area contributed by atoms with E-state index in [-0.39, 0.29) is 58.0 Å². The van der Waals surface area contributed by atoms with Gasteiger partial charge in [0.25, 0.3) is 0 Å². The van der Waals surface area contributed by atoms with Crippen LogP contribution in [0.5, 0.6) is 5.75 Å². The van der Waals surface area contributed by atoms with Crippen LogP contribution in [0.4, 0.5) is 13.2 Å². The molecule has 1 aliphatic heterocycles. The first kappa shape index (κ1) is 23.1. The number of fused-ring (bicyclic) bond motifs is 1. The van der Waals surface area contributed by atoms with Crippen molar-refractivity contribution < 1.29 is 27.8 Å². The predicted octanol–water partition coefficient (Wildman–Crippen LogP) is 4.26. The molecule has 1 atom stereocenters. The Morgan fingerprint density at radius 2 is 1.89 bits per heavy atom. The molecule has 0 fully saturated rings. The van der Waals surface area contributed by atoms with Crippen LogP contribution in [0, 0.1) is 0 Å². The minimum absolute atomic E-state index is 0. The summed E-state index contributed by atoms with van der Waals surface area (Å²) in [4.78, 5) is 11.3. The van der Waals surface area contributed by atoms with Crippen LogP contribution in [0.1, 0.15) is 11.1 Å². The molecular weight excluding hydrogens is 429 g/mol. The second kappa shape index (κ2) is 8.65. The van der Waals surface area contributed by atoms with Crippen LogP contribution in [0.2, 0.25) is 10.0 Å². The van der Waals surface area contributed by atoms with E-state index < -0.39 is 23.8 Å². The first-order valence-electron chi connectivity index (χ1n) is 7.62. The fourth-order valence-corrected chi connectivity index (χ4v) is 3.23. The fourth-order valence-electron chi connectivity index (χ4n) is 2.81. The summed E-state index contributed by atoms with van der Waals surface area (Å²) in [6, 6.07) is 7.56. The molecule has 28 heavy (non-hydrogen) atoms. The molecule has 1 unspecified atom stereocenters. The number of carbonyl (C=O) groups is 1. The van der Waals surface area contributed by atoms with Crippen molar-refractivity contribution in [1.29, 1.82) is 0 Å². The molecular formula is C18H13Cl2F3NNaO3. The van der Waals surface area contributed by atoms with Crippen molar-refractivity contribution in [2.75, 3.05) is 0 Å². The molecule has 1 aliphatic rings. The van der Waals surface area contributed by atoms with Gasteiger partial charge < -0.3 is 15.6 Å². The van der Waals surface area contributed by atoms with Crippen LogP contribution in [0.3, 0.4) is 0 Å². The normalized spacial score (nSPS) is 15.8. The van der Waals surface area contributed by atoms with Crippen molar-refractivity contribution in [3.63, 3.8) is 0 Å². The summed E-state index contributed by atoms with van der Waals surface area (Å²) in [5.74, 6) is -1.83. The van der Waals surface area contributed by atoms with E-state index in [1.54, 1.807) is 18.2 Å². The Hall–Kier alpha value is -1.22. The van der Waals surface area contributed by atoms with Gasteiger partial charge in [-0.15, -0.1) is 0 Å². The Bertz CT molecular complexity index is 964. The van der Waals surface area contributed by atoms with Gasteiger partial charge in [-0.2, -0.15) is 13.2 Å². The summed E-state index contributed by atoms with van der Waals surface area (Å²) in [5, 5.41) is 9.77. The number of hydrogen-bond acceptors (Lipinski definition) is 3. The Labute approximate surface area is 190 Å². The van der Waals surface area contributed by atoms with Crippen LogP contribution < -0.4 is 10.5 Å². The van der Waals surface area contributed by atoms with Crippen molar-refractivity contribution in [3.8, 4) is 16.9 Å². The molecule has 0 bridgehead atoms. The molecule has 4 nitrogen and oxygen atoms in total. The first-order valence-corrected chi connectivity index (χ1v) is 8.38. The second-order valence-electron chi connectivity index (χ2n) is 5.83. The van der Waals surface area contributed by atoms with Crippen LogP contribution in [-0.2, 0) is 11.3 Å². The third-order valence-electron chi connectivity index (χ3n) is 4.03. The first-order chi connectivity index (χ1) is 12.6. The van der Waals surface area contributed by atoms with Gasteiger partial charge in [0.1, 0.15) is 5.75 Å². The second-order valence-corrected chi connectivity index (χ2v) is 6.67. The quantitative estimate of drug-likeness (QED) is 0.697. The maximum atomic E-state index is 13.3. The van der Waals surface area contributed by atoms with E-state index in [1.165, 1.54) is 12.1 Å². The molecule has 0 aliphatic carbocycles. The molecule has 0 saturated carbocycles. The van der Waals surface area contributed by atoms with Crippen molar-refractivity contribution in [2.45, 2.75) is 18.8 Å². The van der Waals surface area contributed by atoms with Crippen LogP contribution in [0.15, 0.2) is 35.9 Å². The van der Waals surface area contributed by atoms with Gasteiger partial charge in [0, 0.05) is 27.7 Å². The molecule has 10 heteroatoms. The van der Waals surface area contributed by atoms with Crippen molar-refractivity contribution in [2.24, 2.45) is 5.73 Å². The summed E-state index contributed by atoms with van der Waals surface area (Å²) in [5.41, 5.74) is 6.21. The molecule has 0 radical (unpaired) electrons. The molecule has 1 heterocycles. The number of rotatable bonds is 3. The zero-order chi connectivity index (χ0) is 19.9. The van der Waals surface area contributed by atoms with E-state index in [2.05, 4.69) is 0 Å². The molecule has 2 aromatic rings. The number of carboxylic acid groups (broad SMARTS) is 1. The molecule has 144 valence electrons. The fraction of sp³-hybridized carbons (Fsp3) is 0.167. The number of nitrogens with two attached hydrogens (primary N) is 1. The Morgan fingerprint density at radius 1 is 1.21 bits per heavy atom. The van der Waals surface area contributed by atoms with E-state index in [9.17, 15) is 18.0 Å². The number of carboxylic acids is 1. The molecule has 2 aromatic carbocycles. The van der Waals surface area contributed by atoms with Gasteiger partial charge in [-0.3, -0.25) is 0 Å². The molecule has 0 amide bonds. The van der Waals surface area contributed by atoms with Gasteiger partial charge in [-0.1, -0.05) is 29.3 Å². The number of benzene rings is 2. The Balaban J connectivity index is 0.00000280. The third-order valence-corrected chi connectivity index (χ3v) is 4.62. The summed E-state index contributed by atoms with van der Waals surface area (Å²) in [7, 11) is 0. The van der Waals surface area contributed by atoms with E-state index in [4.69, 9.17) is 38.8 Å². The Morgan fingerprint density at radius 3 is 2.46 bits per heavy atom. The summed E-state index contributed by atoms with van der Waals surface area (Å²) < 4.78 is 45.1. The minimum atomic E-state index is -4.90. The topological polar surface area (TPSA) is 72.5 Å². The number of aliphatic carboxylic acids is 1. The van der Waals surface area contributed by atoms with Gasteiger partial charge in [-0.05, 0) is 41.5 Å². The van der Waals surface area contributed by atoms with Gasteiger partial charge in [0.2, 0.25) is 6.10 Å². The van der Waals surface area contributed by atoms with Crippen molar-refractivity contribution in [1.82, 2.24) is 0 Å². The number of hydrogen-bond donors (Lipinski definition) is 2. The zero-order valence-electron chi connectivity index (χ0n) is 13.5. The van der Waals surface area contributed by atoms with E-state index >= 15 is 0 Å². The van der Waals surface area contributed by atoms with Gasteiger partial charge in [-0.25, -0.2) is 4.79 Å². The van der Waals surface area contributed by atoms with Gasteiger partial charge in [0.15, 0.2) is 0 Å². The molecule has 0 spiro atoms. The van der Waals surface area contributed by atoms with Crippen LogP contribution >= 0.6 is 23.2 Å². The maximum absolute atomic E-state index is 13.3. The number of alkyl halides is 3. The predicted molar refractivity (Wildman–Crippen MR) is 103 cm³/mol. The van der Waals surface area contributed by atoms with Crippen molar-refractivity contribution >= 4 is 64.8 Å². The average molecular weight is 442 g/mol. The monoisotopic (exact) mass is 441 g/mol. The SMILES string of the molecule is NCc1cc(-c2cc(Cl)cc3c2OC(C(F)(F)F)C(C(=O)O)=C3)ccc1Cl.[NaH]. The van der Waals surface area contributed by atoms with E-state index in [0.29, 0.717) is 16.1 Å². The Kier molecular flexibility index (Phi) is 7.12. The van der Waals surface area contributed by atoms with Crippen molar-refractivity contribution in [3.05, 3.63) is 57.1 Å². The number of ether oxygens (including phenoxy) is 1. The summed E-state index contributed by atoms with van der Waals surface area (Å²) in [6.45, 7) is 0.129. The zero-order valence-corrected chi connectivity index (χ0v) is 15.0. The van der Waals surface area contributed by atoms with Crippen LogP contribution in [-0.4, -0.2) is 52.9 Å². The van der Waals surface area contributed by atoms with Gasteiger partial charge >= 0.3 is 41.7 Å². The van der Waals surface area contributed by atoms with E-state index in [1.807, 2.05) is 0 Å². The van der Waals surface area contributed by atoms with Crippen LogP contribution in [0.25, 0.3) is 17.2 Å². The summed E-state index contributed by atoms with van der Waals surface area (Å²) in [6.07, 6.45) is -6.57. The van der Waals surface area contributed by atoms with E-state index in [0.717, 1.165) is 6.08 Å². The molecule has 3 rings (SSSR count). The molecule has 0 aromatic heterocycles. The third kappa shape index (κ3) is 4.50. The standard InChI is InChI=1S/C18H12Cl2F3NO3.Na.H/c19-11-4-9-5-13(17(25)26)16(18(21,22)23)27-15(9)12(6-11)8-1-2-14(20)10(3-8)7-24;;/h1-6,16H,7,24H2,(H,25,26);;. The molecule has 0 saturated heterocycles.